The molecule has 4 heterocycles. The van der Waals surface area contributed by atoms with Crippen molar-refractivity contribution >= 4 is 49.8 Å². The zero-order chi connectivity index (χ0) is 29.5. The highest BCUT2D eigenvalue weighted by atomic mass is 35.5. The minimum Gasteiger partial charge on any atom is -0.379 e. The molecule has 0 bridgehead atoms. The lowest BCUT2D eigenvalue weighted by Crippen LogP contribution is -2.65. The molecule has 0 saturated carbocycles. The summed E-state index contributed by atoms with van der Waals surface area (Å²) in [4.78, 5) is 33.2. The van der Waals surface area contributed by atoms with Gasteiger partial charge in [-0.25, -0.2) is 8.42 Å². The second kappa shape index (κ2) is 11.6. The molecule has 2 amide bonds. The maximum atomic E-state index is 14.1. The lowest BCUT2D eigenvalue weighted by atomic mass is 9.74. The standard InChI is InChI=1S/C31H37ClN4O5S/c1-42(39,40)17-5-12-35-25(19-23-18-24(32)9-10-27(23)35)20-36-28-7-3-2-6-26(28)31(30(36)38)21-34(22-31)29(37)8-4-11-33-13-15-41-16-14-33/h2-3,6-7,9-10,18-19H,4-5,8,11-17,20-22H2,1H3. The van der Waals surface area contributed by atoms with Crippen molar-refractivity contribution in [1.29, 1.82) is 0 Å². The minimum absolute atomic E-state index is 0.00652. The van der Waals surface area contributed by atoms with Crippen molar-refractivity contribution < 1.29 is 22.7 Å². The van der Waals surface area contributed by atoms with Gasteiger partial charge in [-0.15, -0.1) is 0 Å². The summed E-state index contributed by atoms with van der Waals surface area (Å²) in [5.41, 5.74) is 2.97. The van der Waals surface area contributed by atoms with E-state index in [-0.39, 0.29) is 17.6 Å². The molecule has 0 aliphatic carbocycles. The molecular formula is C31H37ClN4O5S. The summed E-state index contributed by atoms with van der Waals surface area (Å²) in [6, 6.07) is 15.6. The highest BCUT2D eigenvalue weighted by Crippen LogP contribution is 2.48. The smallest absolute Gasteiger partial charge is 0.241 e. The number of carbonyl (C=O) groups excluding carboxylic acids is 2. The van der Waals surface area contributed by atoms with E-state index in [4.69, 9.17) is 16.3 Å². The van der Waals surface area contributed by atoms with Gasteiger partial charge in [0.25, 0.3) is 0 Å². The van der Waals surface area contributed by atoms with Gasteiger partial charge >= 0.3 is 0 Å². The number of aromatic nitrogens is 1. The van der Waals surface area contributed by atoms with Crippen molar-refractivity contribution in [3.63, 3.8) is 0 Å². The molecule has 3 aromatic rings. The molecule has 2 saturated heterocycles. The van der Waals surface area contributed by atoms with E-state index in [9.17, 15) is 18.0 Å². The van der Waals surface area contributed by atoms with Gasteiger partial charge in [0, 0.05) is 72.7 Å². The minimum atomic E-state index is -3.10. The number of para-hydroxylation sites is 1. The number of ether oxygens (including phenoxy) is 1. The van der Waals surface area contributed by atoms with Crippen LogP contribution in [0.25, 0.3) is 10.9 Å². The quantitative estimate of drug-likeness (QED) is 0.348. The second-order valence-electron chi connectivity index (χ2n) is 11.8. The molecule has 1 spiro atoms. The van der Waals surface area contributed by atoms with E-state index in [0.717, 1.165) is 67.1 Å². The Morgan fingerprint density at radius 3 is 2.55 bits per heavy atom. The Hall–Kier alpha value is -2.92. The van der Waals surface area contributed by atoms with Crippen LogP contribution in [0.15, 0.2) is 48.5 Å². The van der Waals surface area contributed by atoms with Crippen LogP contribution in [0.3, 0.4) is 0 Å². The summed E-state index contributed by atoms with van der Waals surface area (Å²) in [5, 5.41) is 1.57. The summed E-state index contributed by atoms with van der Waals surface area (Å²) in [7, 11) is -3.10. The zero-order valence-corrected chi connectivity index (χ0v) is 25.5. The number of anilines is 1. The number of carbonyl (C=O) groups is 2. The second-order valence-corrected chi connectivity index (χ2v) is 14.5. The number of fused-ring (bicyclic) bond motifs is 3. The number of benzene rings is 2. The highest BCUT2D eigenvalue weighted by molar-refractivity contribution is 7.90. The van der Waals surface area contributed by atoms with Gasteiger partial charge in [0.2, 0.25) is 11.8 Å². The van der Waals surface area contributed by atoms with Crippen LogP contribution in [0.4, 0.5) is 5.69 Å². The van der Waals surface area contributed by atoms with Gasteiger partial charge < -0.3 is 19.1 Å². The van der Waals surface area contributed by atoms with Crippen LogP contribution in [-0.4, -0.2) is 92.5 Å². The number of aryl methyl sites for hydroxylation is 1. The van der Waals surface area contributed by atoms with E-state index in [2.05, 4.69) is 9.47 Å². The fraction of sp³-hybridized carbons (Fsp3) is 0.484. The average molecular weight is 613 g/mol. The number of nitrogens with zero attached hydrogens (tertiary/aromatic N) is 4. The molecule has 3 aliphatic heterocycles. The fourth-order valence-corrected chi connectivity index (χ4v) is 7.45. The van der Waals surface area contributed by atoms with Gasteiger partial charge in [-0.05, 0) is 55.3 Å². The van der Waals surface area contributed by atoms with Crippen molar-refractivity contribution in [2.24, 2.45) is 0 Å². The molecule has 3 aliphatic rings. The summed E-state index contributed by atoms with van der Waals surface area (Å²) >= 11 is 6.29. The topological polar surface area (TPSA) is 92.2 Å². The maximum absolute atomic E-state index is 14.1. The number of halogens is 1. The first kappa shape index (κ1) is 29.2. The summed E-state index contributed by atoms with van der Waals surface area (Å²) in [6.07, 6.45) is 2.99. The molecule has 224 valence electrons. The predicted molar refractivity (Wildman–Crippen MR) is 164 cm³/mol. The molecule has 6 rings (SSSR count). The van der Waals surface area contributed by atoms with E-state index in [1.807, 2.05) is 58.3 Å². The first-order chi connectivity index (χ1) is 20.1. The summed E-state index contributed by atoms with van der Waals surface area (Å²) < 4.78 is 31.1. The van der Waals surface area contributed by atoms with Crippen molar-refractivity contribution in [1.82, 2.24) is 14.4 Å². The van der Waals surface area contributed by atoms with Crippen LogP contribution in [-0.2, 0) is 42.7 Å². The third-order valence-electron chi connectivity index (χ3n) is 8.77. The highest BCUT2D eigenvalue weighted by Gasteiger charge is 2.59. The summed E-state index contributed by atoms with van der Waals surface area (Å²) in [6.45, 7) is 5.83. The number of likely N-dealkylation sites (tertiary alicyclic amines) is 1. The zero-order valence-electron chi connectivity index (χ0n) is 23.9. The molecule has 42 heavy (non-hydrogen) atoms. The monoisotopic (exact) mass is 612 g/mol. The third-order valence-corrected chi connectivity index (χ3v) is 10.0. The first-order valence-corrected chi connectivity index (χ1v) is 17.0. The molecule has 0 unspecified atom stereocenters. The Morgan fingerprint density at radius 2 is 1.79 bits per heavy atom. The van der Waals surface area contributed by atoms with E-state index >= 15 is 0 Å². The molecule has 11 heteroatoms. The van der Waals surface area contributed by atoms with Crippen LogP contribution in [0.2, 0.25) is 5.02 Å². The molecule has 1 aromatic heterocycles. The van der Waals surface area contributed by atoms with Crippen LogP contribution in [0.1, 0.15) is 30.5 Å². The summed E-state index contributed by atoms with van der Waals surface area (Å²) in [5.74, 6) is 0.192. The SMILES string of the molecule is CS(=O)(=O)CCCn1c(CN2C(=O)C3(CN(C(=O)CCCN4CCOCC4)C3)c3ccccc32)cc2cc(Cl)ccc21. The first-order valence-electron chi connectivity index (χ1n) is 14.6. The molecule has 2 aromatic carbocycles. The average Bonchev–Trinajstić information content (AvgIpc) is 3.39. The number of hydrogen-bond acceptors (Lipinski definition) is 6. The van der Waals surface area contributed by atoms with Crippen molar-refractivity contribution in [2.75, 3.05) is 62.8 Å². The van der Waals surface area contributed by atoms with Crippen LogP contribution >= 0.6 is 11.6 Å². The normalized spacial score (nSPS) is 18.6. The van der Waals surface area contributed by atoms with Crippen molar-refractivity contribution in [3.8, 4) is 0 Å². The third kappa shape index (κ3) is 5.69. The number of rotatable bonds is 10. The van der Waals surface area contributed by atoms with Gasteiger partial charge in [0.1, 0.15) is 15.3 Å². The van der Waals surface area contributed by atoms with E-state index < -0.39 is 15.3 Å². The molecule has 9 nitrogen and oxygen atoms in total. The van der Waals surface area contributed by atoms with Crippen molar-refractivity contribution in [3.05, 3.63) is 64.8 Å². The van der Waals surface area contributed by atoms with Gasteiger partial charge in [-0.3, -0.25) is 14.5 Å². The predicted octanol–water partition coefficient (Wildman–Crippen LogP) is 3.47. The van der Waals surface area contributed by atoms with E-state index in [1.165, 1.54) is 6.26 Å². The molecule has 0 radical (unpaired) electrons. The maximum Gasteiger partial charge on any atom is 0.241 e. The molecule has 0 N–H and O–H groups in total. The molecular weight excluding hydrogens is 576 g/mol. The van der Waals surface area contributed by atoms with Gasteiger partial charge in [0.05, 0.1) is 25.5 Å². The molecule has 0 atom stereocenters. The Morgan fingerprint density at radius 1 is 1.02 bits per heavy atom. The Balaban J connectivity index is 1.19. The number of amides is 2. The number of morpholine rings is 1. The molecule has 2 fully saturated rings. The Bertz CT molecular complexity index is 1610. The number of hydrogen-bond donors (Lipinski definition) is 0. The van der Waals surface area contributed by atoms with Crippen molar-refractivity contribution in [2.45, 2.75) is 37.8 Å². The van der Waals surface area contributed by atoms with E-state index in [1.54, 1.807) is 0 Å². The number of sulfone groups is 1. The fourth-order valence-electron chi connectivity index (χ4n) is 6.62. The van der Waals surface area contributed by atoms with Crippen LogP contribution in [0.5, 0.6) is 0 Å². The van der Waals surface area contributed by atoms with E-state index in [0.29, 0.717) is 44.0 Å². The van der Waals surface area contributed by atoms with Crippen LogP contribution < -0.4 is 4.90 Å². The van der Waals surface area contributed by atoms with Gasteiger partial charge in [-0.1, -0.05) is 29.8 Å². The Labute approximate surface area is 251 Å². The van der Waals surface area contributed by atoms with Gasteiger partial charge in [-0.2, -0.15) is 0 Å². The Kier molecular flexibility index (Phi) is 8.08. The lowest BCUT2D eigenvalue weighted by molar-refractivity contribution is -0.144. The van der Waals surface area contributed by atoms with Crippen LogP contribution in [0, 0.1) is 0 Å². The largest absolute Gasteiger partial charge is 0.379 e. The lowest BCUT2D eigenvalue weighted by Gasteiger charge is -2.47. The van der Waals surface area contributed by atoms with Gasteiger partial charge in [0.15, 0.2) is 0 Å².